The molecule has 0 radical (unpaired) electrons. The maximum Gasteiger partial charge on any atom is 0.120 e. The first-order valence-corrected chi connectivity index (χ1v) is 8.02. The van der Waals surface area contributed by atoms with Gasteiger partial charge in [-0.2, -0.15) is 5.26 Å². The lowest BCUT2D eigenvalue weighted by Gasteiger charge is -2.26. The summed E-state index contributed by atoms with van der Waals surface area (Å²) in [5.41, 5.74) is 8.08. The number of nitrogens with two attached hydrogens (primary N) is 1. The lowest BCUT2D eigenvalue weighted by Crippen LogP contribution is -2.31. The predicted molar refractivity (Wildman–Crippen MR) is 96.5 cm³/mol. The summed E-state index contributed by atoms with van der Waals surface area (Å²) in [4.78, 5) is 4.69. The Morgan fingerprint density at radius 3 is 2.74 bits per heavy atom. The molecular weight excluding hydrogens is 308 g/mol. The van der Waals surface area contributed by atoms with Crippen molar-refractivity contribution < 1.29 is 4.74 Å². The molecule has 1 aromatic carbocycles. The first-order chi connectivity index (χ1) is 11.1. The summed E-state index contributed by atoms with van der Waals surface area (Å²) in [6.07, 6.45) is 1.00. The molecule has 6 heteroatoms. The van der Waals surface area contributed by atoms with Gasteiger partial charge in [0, 0.05) is 43.6 Å². The molecule has 1 fully saturated rings. The molecule has 122 valence electrons. The molecule has 2 N–H and O–H groups in total. The van der Waals surface area contributed by atoms with Gasteiger partial charge in [-0.3, -0.25) is 0 Å². The van der Waals surface area contributed by atoms with E-state index in [-0.39, 0.29) is 4.99 Å². The van der Waals surface area contributed by atoms with Crippen LogP contribution in [0.1, 0.15) is 13.3 Å². The molecule has 1 aliphatic rings. The number of hydrogen-bond acceptors (Lipinski definition) is 5. The Labute approximate surface area is 142 Å². The zero-order valence-corrected chi connectivity index (χ0v) is 14.4. The number of benzene rings is 1. The SMILES string of the molecule is COc1cccc(N2CCCN(/C(C)=C(/C#N)C(N)=S)CC2)c1. The van der Waals surface area contributed by atoms with Crippen LogP contribution in [0.3, 0.4) is 0 Å². The molecule has 1 aromatic rings. The predicted octanol–water partition coefficient (Wildman–Crippen LogP) is 2.29. The number of rotatable bonds is 4. The van der Waals surface area contributed by atoms with Gasteiger partial charge < -0.3 is 20.3 Å². The van der Waals surface area contributed by atoms with E-state index < -0.39 is 0 Å². The fourth-order valence-electron chi connectivity index (χ4n) is 2.79. The Bertz CT molecular complexity index is 650. The number of allylic oxidation sites excluding steroid dienone is 1. The van der Waals surface area contributed by atoms with Gasteiger partial charge in [-0.25, -0.2) is 0 Å². The summed E-state index contributed by atoms with van der Waals surface area (Å²) in [6.45, 7) is 5.47. The van der Waals surface area contributed by atoms with Crippen LogP contribution in [0.2, 0.25) is 0 Å². The maximum atomic E-state index is 9.23. The zero-order chi connectivity index (χ0) is 16.8. The van der Waals surface area contributed by atoms with Gasteiger partial charge in [0.1, 0.15) is 22.4 Å². The van der Waals surface area contributed by atoms with Crippen molar-refractivity contribution in [3.63, 3.8) is 0 Å². The second-order valence-electron chi connectivity index (χ2n) is 5.47. The Hall–Kier alpha value is -2.26. The smallest absolute Gasteiger partial charge is 0.120 e. The van der Waals surface area contributed by atoms with Gasteiger partial charge in [0.15, 0.2) is 0 Å². The Morgan fingerprint density at radius 2 is 2.09 bits per heavy atom. The summed E-state index contributed by atoms with van der Waals surface area (Å²) in [6, 6.07) is 10.2. The minimum absolute atomic E-state index is 0.166. The molecule has 1 heterocycles. The van der Waals surface area contributed by atoms with E-state index in [1.54, 1.807) is 7.11 Å². The second-order valence-corrected chi connectivity index (χ2v) is 5.91. The summed E-state index contributed by atoms with van der Waals surface area (Å²) in [7, 11) is 1.68. The minimum Gasteiger partial charge on any atom is -0.497 e. The monoisotopic (exact) mass is 330 g/mol. The molecule has 0 bridgehead atoms. The fraction of sp³-hybridized carbons (Fsp3) is 0.412. The van der Waals surface area contributed by atoms with Gasteiger partial charge in [-0.1, -0.05) is 18.3 Å². The summed E-state index contributed by atoms with van der Waals surface area (Å²) >= 11 is 4.97. The zero-order valence-electron chi connectivity index (χ0n) is 13.6. The Kier molecular flexibility index (Phi) is 5.83. The first kappa shape index (κ1) is 17.1. The fourth-order valence-corrected chi connectivity index (χ4v) is 2.98. The summed E-state index contributed by atoms with van der Waals surface area (Å²) in [5.74, 6) is 0.861. The van der Waals surface area contributed by atoms with E-state index in [2.05, 4.69) is 21.9 Å². The highest BCUT2D eigenvalue weighted by molar-refractivity contribution is 7.80. The Morgan fingerprint density at radius 1 is 1.30 bits per heavy atom. The number of methoxy groups -OCH3 is 1. The number of thiocarbonyl (C=S) groups is 1. The number of ether oxygens (including phenoxy) is 1. The maximum absolute atomic E-state index is 9.23. The van der Waals surface area contributed by atoms with E-state index in [0.717, 1.165) is 49.7 Å². The Balaban J connectivity index is 2.13. The van der Waals surface area contributed by atoms with Crippen LogP contribution in [0.5, 0.6) is 5.75 Å². The topological polar surface area (TPSA) is 65.5 Å². The number of anilines is 1. The normalized spacial score (nSPS) is 16.2. The molecule has 0 amide bonds. The molecule has 0 atom stereocenters. The molecule has 0 aliphatic carbocycles. The van der Waals surface area contributed by atoms with Crippen molar-refractivity contribution in [2.24, 2.45) is 5.73 Å². The minimum atomic E-state index is 0.166. The van der Waals surface area contributed by atoms with Crippen LogP contribution in [-0.4, -0.2) is 43.2 Å². The van der Waals surface area contributed by atoms with Gasteiger partial charge in [0.25, 0.3) is 0 Å². The van der Waals surface area contributed by atoms with Crippen molar-refractivity contribution >= 4 is 22.9 Å². The highest BCUT2D eigenvalue weighted by Crippen LogP contribution is 2.23. The van der Waals surface area contributed by atoms with Crippen LogP contribution in [0.4, 0.5) is 5.69 Å². The second kappa shape index (κ2) is 7.84. The molecule has 1 saturated heterocycles. The molecular formula is C17H22N4OS. The summed E-state index contributed by atoms with van der Waals surface area (Å²) in [5, 5.41) is 9.23. The lowest BCUT2D eigenvalue weighted by atomic mass is 10.2. The third-order valence-electron chi connectivity index (χ3n) is 4.11. The van der Waals surface area contributed by atoms with E-state index in [0.29, 0.717) is 5.57 Å². The van der Waals surface area contributed by atoms with Crippen molar-refractivity contribution in [3.05, 3.63) is 35.5 Å². The van der Waals surface area contributed by atoms with Crippen LogP contribution in [0.25, 0.3) is 0 Å². The molecule has 23 heavy (non-hydrogen) atoms. The van der Waals surface area contributed by atoms with Crippen LogP contribution >= 0.6 is 12.2 Å². The number of nitriles is 1. The first-order valence-electron chi connectivity index (χ1n) is 7.61. The third-order valence-corrected chi connectivity index (χ3v) is 4.31. The van der Waals surface area contributed by atoms with E-state index >= 15 is 0 Å². The van der Waals surface area contributed by atoms with E-state index in [1.165, 1.54) is 0 Å². The van der Waals surface area contributed by atoms with Gasteiger partial charge in [0.05, 0.1) is 7.11 Å². The molecule has 0 spiro atoms. The van der Waals surface area contributed by atoms with Crippen LogP contribution < -0.4 is 15.4 Å². The van der Waals surface area contributed by atoms with Crippen LogP contribution in [-0.2, 0) is 0 Å². The van der Waals surface area contributed by atoms with E-state index in [9.17, 15) is 5.26 Å². The van der Waals surface area contributed by atoms with Crippen molar-refractivity contribution in [2.75, 3.05) is 38.2 Å². The quantitative estimate of drug-likeness (QED) is 0.519. The number of hydrogen-bond donors (Lipinski definition) is 1. The molecule has 1 aliphatic heterocycles. The van der Waals surface area contributed by atoms with Crippen molar-refractivity contribution in [1.29, 1.82) is 5.26 Å². The van der Waals surface area contributed by atoms with Gasteiger partial charge in [0.2, 0.25) is 0 Å². The van der Waals surface area contributed by atoms with Crippen molar-refractivity contribution in [2.45, 2.75) is 13.3 Å². The van der Waals surface area contributed by atoms with Crippen molar-refractivity contribution in [3.8, 4) is 11.8 Å². The molecule has 5 nitrogen and oxygen atoms in total. The highest BCUT2D eigenvalue weighted by atomic mass is 32.1. The molecule has 0 aromatic heterocycles. The number of nitrogens with zero attached hydrogens (tertiary/aromatic N) is 3. The van der Waals surface area contributed by atoms with Crippen LogP contribution in [0.15, 0.2) is 35.5 Å². The van der Waals surface area contributed by atoms with Crippen molar-refractivity contribution in [1.82, 2.24) is 4.90 Å². The highest BCUT2D eigenvalue weighted by Gasteiger charge is 2.18. The molecule has 2 rings (SSSR count). The van der Waals surface area contributed by atoms with E-state index in [4.69, 9.17) is 22.7 Å². The molecule has 0 unspecified atom stereocenters. The molecule has 0 saturated carbocycles. The van der Waals surface area contributed by atoms with Crippen LogP contribution in [0, 0.1) is 11.3 Å². The standard InChI is InChI=1S/C17H22N4OS/c1-13(16(12-18)17(19)23)20-7-4-8-21(10-9-20)14-5-3-6-15(11-14)22-2/h3,5-6,11H,4,7-10H2,1-2H3,(H2,19,23)/b16-13-. The average Bonchev–Trinajstić information content (AvgIpc) is 2.81. The van der Waals surface area contributed by atoms with Gasteiger partial charge >= 0.3 is 0 Å². The largest absolute Gasteiger partial charge is 0.497 e. The lowest BCUT2D eigenvalue weighted by molar-refractivity contribution is 0.369. The summed E-state index contributed by atoms with van der Waals surface area (Å²) < 4.78 is 5.30. The third kappa shape index (κ3) is 4.14. The van der Waals surface area contributed by atoms with Gasteiger partial charge in [-0.05, 0) is 25.5 Å². The van der Waals surface area contributed by atoms with E-state index in [1.807, 2.05) is 25.1 Å². The average molecular weight is 330 g/mol. The van der Waals surface area contributed by atoms with Gasteiger partial charge in [-0.15, -0.1) is 0 Å².